The van der Waals surface area contributed by atoms with E-state index in [0.717, 1.165) is 34.9 Å². The van der Waals surface area contributed by atoms with E-state index in [-0.39, 0.29) is 6.04 Å². The Morgan fingerprint density at radius 1 is 1.20 bits per heavy atom. The van der Waals surface area contributed by atoms with Gasteiger partial charge in [0.2, 0.25) is 0 Å². The van der Waals surface area contributed by atoms with Crippen LogP contribution < -0.4 is 10.5 Å². The second-order valence-corrected chi connectivity index (χ2v) is 5.47. The first-order valence-corrected chi connectivity index (χ1v) is 7.25. The summed E-state index contributed by atoms with van der Waals surface area (Å²) >= 11 is 5.95. The van der Waals surface area contributed by atoms with Crippen molar-refractivity contribution in [1.29, 1.82) is 0 Å². The van der Waals surface area contributed by atoms with Gasteiger partial charge < -0.3 is 10.5 Å². The van der Waals surface area contributed by atoms with Crippen LogP contribution in [0.25, 0.3) is 0 Å². The second kappa shape index (κ2) is 6.78. The van der Waals surface area contributed by atoms with Crippen LogP contribution in [0.4, 0.5) is 0 Å². The molecule has 0 amide bonds. The van der Waals surface area contributed by atoms with E-state index in [0.29, 0.717) is 0 Å². The molecule has 0 saturated heterocycles. The van der Waals surface area contributed by atoms with Gasteiger partial charge in [-0.05, 0) is 61.2 Å². The molecule has 2 aromatic carbocycles. The van der Waals surface area contributed by atoms with E-state index in [9.17, 15) is 0 Å². The van der Waals surface area contributed by atoms with E-state index in [4.69, 9.17) is 22.1 Å². The fourth-order valence-electron chi connectivity index (χ4n) is 2.04. The lowest BCUT2D eigenvalue weighted by Crippen LogP contribution is -2.21. The fraction of sp³-hybridized carbons (Fsp3) is 0.294. The third kappa shape index (κ3) is 3.99. The van der Waals surface area contributed by atoms with Crippen molar-refractivity contribution in [2.24, 2.45) is 5.73 Å². The van der Waals surface area contributed by atoms with Crippen LogP contribution in [0, 0.1) is 6.92 Å². The van der Waals surface area contributed by atoms with Crippen molar-refractivity contribution in [1.82, 2.24) is 0 Å². The number of hydrogen-bond donors (Lipinski definition) is 1. The minimum Gasteiger partial charge on any atom is -0.457 e. The van der Waals surface area contributed by atoms with Gasteiger partial charge in [0.05, 0.1) is 0 Å². The fourth-order valence-corrected chi connectivity index (χ4v) is 2.26. The lowest BCUT2D eigenvalue weighted by molar-refractivity contribution is 0.478. The summed E-state index contributed by atoms with van der Waals surface area (Å²) in [5.74, 6) is 1.66. The van der Waals surface area contributed by atoms with E-state index in [1.54, 1.807) is 0 Å². The molecule has 2 N–H and O–H groups in total. The topological polar surface area (TPSA) is 35.2 Å². The molecule has 20 heavy (non-hydrogen) atoms. The molecule has 1 unspecified atom stereocenters. The summed E-state index contributed by atoms with van der Waals surface area (Å²) in [6.45, 7) is 4.08. The molecule has 0 aliphatic carbocycles. The van der Waals surface area contributed by atoms with Gasteiger partial charge in [0, 0.05) is 11.1 Å². The molecule has 2 aromatic rings. The highest BCUT2D eigenvalue weighted by Crippen LogP contribution is 2.27. The van der Waals surface area contributed by atoms with Gasteiger partial charge in [-0.15, -0.1) is 0 Å². The standard InChI is InChI=1S/C17H20ClNO/c1-3-15(19)10-13-5-4-6-16(11-13)20-17-8-7-14(18)9-12(17)2/h4-9,11,15H,3,10,19H2,1-2H3. The van der Waals surface area contributed by atoms with Gasteiger partial charge in [0.25, 0.3) is 0 Å². The molecule has 3 heteroatoms. The summed E-state index contributed by atoms with van der Waals surface area (Å²) in [6, 6.07) is 13.9. The zero-order valence-corrected chi connectivity index (χ0v) is 12.7. The zero-order valence-electron chi connectivity index (χ0n) is 11.9. The second-order valence-electron chi connectivity index (χ2n) is 5.03. The first-order valence-electron chi connectivity index (χ1n) is 6.87. The summed E-state index contributed by atoms with van der Waals surface area (Å²) < 4.78 is 5.92. The third-order valence-corrected chi connectivity index (χ3v) is 3.52. The molecular weight excluding hydrogens is 270 g/mol. The molecule has 106 valence electrons. The van der Waals surface area contributed by atoms with Gasteiger partial charge in [-0.2, -0.15) is 0 Å². The summed E-state index contributed by atoms with van der Waals surface area (Å²) in [6.07, 6.45) is 1.84. The highest BCUT2D eigenvalue weighted by atomic mass is 35.5. The highest BCUT2D eigenvalue weighted by Gasteiger charge is 2.05. The predicted molar refractivity (Wildman–Crippen MR) is 84.7 cm³/mol. The van der Waals surface area contributed by atoms with E-state index in [2.05, 4.69) is 13.0 Å². The molecule has 0 fully saturated rings. The van der Waals surface area contributed by atoms with E-state index in [1.807, 2.05) is 43.3 Å². The maximum Gasteiger partial charge on any atom is 0.130 e. The van der Waals surface area contributed by atoms with Crippen molar-refractivity contribution in [2.75, 3.05) is 0 Å². The Bertz CT molecular complexity index is 583. The van der Waals surface area contributed by atoms with Crippen LogP contribution in [-0.4, -0.2) is 6.04 Å². The Kier molecular flexibility index (Phi) is 5.05. The van der Waals surface area contributed by atoms with E-state index < -0.39 is 0 Å². The van der Waals surface area contributed by atoms with Crippen LogP contribution in [0.5, 0.6) is 11.5 Å². The van der Waals surface area contributed by atoms with Crippen molar-refractivity contribution in [3.8, 4) is 11.5 Å². The average molecular weight is 290 g/mol. The van der Waals surface area contributed by atoms with Gasteiger partial charge in [-0.3, -0.25) is 0 Å². The van der Waals surface area contributed by atoms with Crippen LogP contribution in [0.1, 0.15) is 24.5 Å². The third-order valence-electron chi connectivity index (χ3n) is 3.29. The van der Waals surface area contributed by atoms with Crippen molar-refractivity contribution in [3.05, 3.63) is 58.6 Å². The molecule has 0 bridgehead atoms. The van der Waals surface area contributed by atoms with Crippen LogP contribution in [0.3, 0.4) is 0 Å². The summed E-state index contributed by atoms with van der Waals surface area (Å²) in [5.41, 5.74) is 8.21. The first kappa shape index (κ1) is 14.9. The van der Waals surface area contributed by atoms with Gasteiger partial charge in [0.1, 0.15) is 11.5 Å². The maximum atomic E-state index is 5.99. The molecule has 0 aliphatic rings. The lowest BCUT2D eigenvalue weighted by Gasteiger charge is -2.12. The number of ether oxygens (including phenoxy) is 1. The molecule has 0 heterocycles. The van der Waals surface area contributed by atoms with Crippen molar-refractivity contribution < 1.29 is 4.74 Å². The number of hydrogen-bond acceptors (Lipinski definition) is 2. The number of halogens is 1. The van der Waals surface area contributed by atoms with Crippen molar-refractivity contribution in [2.45, 2.75) is 32.7 Å². The summed E-state index contributed by atoms with van der Waals surface area (Å²) in [7, 11) is 0. The first-order chi connectivity index (χ1) is 9.58. The summed E-state index contributed by atoms with van der Waals surface area (Å²) in [4.78, 5) is 0. The molecule has 1 atom stereocenters. The Labute approximate surface area is 125 Å². The molecule has 0 spiro atoms. The van der Waals surface area contributed by atoms with Crippen LogP contribution in [-0.2, 0) is 6.42 Å². The molecule has 0 saturated carbocycles. The lowest BCUT2D eigenvalue weighted by atomic mass is 10.0. The number of nitrogens with two attached hydrogens (primary N) is 1. The predicted octanol–water partition coefficient (Wildman–Crippen LogP) is 4.72. The number of rotatable bonds is 5. The quantitative estimate of drug-likeness (QED) is 0.864. The normalized spacial score (nSPS) is 12.2. The number of aryl methyl sites for hydroxylation is 1. The van der Waals surface area contributed by atoms with Crippen LogP contribution in [0.15, 0.2) is 42.5 Å². The largest absolute Gasteiger partial charge is 0.457 e. The molecular formula is C17H20ClNO. The van der Waals surface area contributed by atoms with Gasteiger partial charge in [-0.1, -0.05) is 30.7 Å². The molecule has 2 nitrogen and oxygen atoms in total. The number of benzene rings is 2. The van der Waals surface area contributed by atoms with Gasteiger partial charge in [-0.25, -0.2) is 0 Å². The molecule has 0 aliphatic heterocycles. The van der Waals surface area contributed by atoms with Crippen molar-refractivity contribution >= 4 is 11.6 Å². The maximum absolute atomic E-state index is 5.99. The van der Waals surface area contributed by atoms with Gasteiger partial charge >= 0.3 is 0 Å². The van der Waals surface area contributed by atoms with Crippen LogP contribution in [0.2, 0.25) is 5.02 Å². The Morgan fingerprint density at radius 3 is 2.70 bits per heavy atom. The Hall–Kier alpha value is -1.51. The minimum atomic E-state index is 0.197. The average Bonchev–Trinajstić information content (AvgIpc) is 2.42. The Balaban J connectivity index is 2.15. The Morgan fingerprint density at radius 2 is 2.00 bits per heavy atom. The summed E-state index contributed by atoms with van der Waals surface area (Å²) in [5, 5.41) is 0.720. The molecule has 0 radical (unpaired) electrons. The van der Waals surface area contributed by atoms with E-state index >= 15 is 0 Å². The molecule has 2 rings (SSSR count). The minimum absolute atomic E-state index is 0.197. The van der Waals surface area contributed by atoms with Gasteiger partial charge in [0.15, 0.2) is 0 Å². The zero-order chi connectivity index (χ0) is 14.5. The van der Waals surface area contributed by atoms with Crippen LogP contribution >= 0.6 is 11.6 Å². The SMILES string of the molecule is CCC(N)Cc1cccc(Oc2ccc(Cl)cc2C)c1. The van der Waals surface area contributed by atoms with Crippen molar-refractivity contribution in [3.63, 3.8) is 0 Å². The monoisotopic (exact) mass is 289 g/mol. The van der Waals surface area contributed by atoms with E-state index in [1.165, 1.54) is 5.56 Å². The smallest absolute Gasteiger partial charge is 0.130 e. The molecule has 0 aromatic heterocycles. The highest BCUT2D eigenvalue weighted by molar-refractivity contribution is 6.30.